The molecular weight excluding hydrogens is 230 g/mol. The van der Waals surface area contributed by atoms with Gasteiger partial charge in [-0.05, 0) is 26.7 Å². The van der Waals surface area contributed by atoms with Crippen molar-refractivity contribution in [1.82, 2.24) is 9.97 Å². The molecule has 102 valence electrons. The molecule has 0 aromatic carbocycles. The van der Waals surface area contributed by atoms with Gasteiger partial charge >= 0.3 is 0 Å². The molecule has 0 saturated heterocycles. The van der Waals surface area contributed by atoms with Gasteiger partial charge < -0.3 is 15.8 Å². The number of hydrazine groups is 1. The van der Waals surface area contributed by atoms with Gasteiger partial charge in [-0.1, -0.05) is 6.92 Å². The molecule has 1 atom stereocenters. The van der Waals surface area contributed by atoms with E-state index in [9.17, 15) is 0 Å². The minimum absolute atomic E-state index is 0.155. The predicted octanol–water partition coefficient (Wildman–Crippen LogP) is 1.21. The maximum atomic E-state index is 8.92. The van der Waals surface area contributed by atoms with Crippen molar-refractivity contribution >= 4 is 11.6 Å². The van der Waals surface area contributed by atoms with Crippen LogP contribution in [0.25, 0.3) is 0 Å². The third-order valence-corrected chi connectivity index (χ3v) is 2.75. The number of nitrogens with one attached hydrogen (secondary N) is 2. The monoisotopic (exact) mass is 253 g/mol. The van der Waals surface area contributed by atoms with Crippen molar-refractivity contribution in [2.75, 3.05) is 17.3 Å². The fraction of sp³-hybridized carbons (Fsp3) is 0.667. The first-order valence-corrected chi connectivity index (χ1v) is 6.33. The second-order valence-electron chi connectivity index (χ2n) is 4.41. The van der Waals surface area contributed by atoms with Gasteiger partial charge in [0.15, 0.2) is 0 Å². The first-order valence-electron chi connectivity index (χ1n) is 6.33. The van der Waals surface area contributed by atoms with E-state index < -0.39 is 0 Å². The van der Waals surface area contributed by atoms with Gasteiger partial charge in [0.25, 0.3) is 0 Å². The van der Waals surface area contributed by atoms with E-state index in [1.807, 2.05) is 13.8 Å². The van der Waals surface area contributed by atoms with Crippen molar-refractivity contribution in [3.05, 3.63) is 11.4 Å². The number of hydrogen-bond acceptors (Lipinski definition) is 6. The Morgan fingerprint density at radius 2 is 2.00 bits per heavy atom. The molecule has 18 heavy (non-hydrogen) atoms. The fourth-order valence-corrected chi connectivity index (χ4v) is 1.68. The number of rotatable bonds is 7. The van der Waals surface area contributed by atoms with Crippen molar-refractivity contribution in [2.45, 2.75) is 46.1 Å². The van der Waals surface area contributed by atoms with Crippen molar-refractivity contribution < 1.29 is 5.11 Å². The van der Waals surface area contributed by atoms with Crippen LogP contribution in [-0.2, 0) is 6.42 Å². The summed E-state index contributed by atoms with van der Waals surface area (Å²) in [5.41, 5.74) is 3.49. The van der Waals surface area contributed by atoms with E-state index in [1.54, 1.807) is 0 Å². The molecule has 1 unspecified atom stereocenters. The minimum atomic E-state index is 0.155. The van der Waals surface area contributed by atoms with Crippen LogP contribution < -0.4 is 16.6 Å². The molecule has 1 rings (SSSR count). The lowest BCUT2D eigenvalue weighted by molar-refractivity contribution is 0.282. The molecule has 0 saturated carbocycles. The lowest BCUT2D eigenvalue weighted by Crippen LogP contribution is -2.21. The molecule has 0 aliphatic heterocycles. The van der Waals surface area contributed by atoms with E-state index in [2.05, 4.69) is 27.6 Å². The largest absolute Gasteiger partial charge is 0.396 e. The van der Waals surface area contributed by atoms with Crippen molar-refractivity contribution in [2.24, 2.45) is 5.84 Å². The van der Waals surface area contributed by atoms with Gasteiger partial charge in [-0.15, -0.1) is 0 Å². The van der Waals surface area contributed by atoms with Gasteiger partial charge in [-0.2, -0.15) is 0 Å². The number of nitrogens with zero attached hydrogens (tertiary/aromatic N) is 2. The topological polar surface area (TPSA) is 96.1 Å². The van der Waals surface area contributed by atoms with Crippen molar-refractivity contribution in [3.8, 4) is 0 Å². The summed E-state index contributed by atoms with van der Waals surface area (Å²) in [6.45, 7) is 6.16. The molecular formula is C12H23N5O. The zero-order valence-electron chi connectivity index (χ0n) is 11.3. The van der Waals surface area contributed by atoms with Gasteiger partial charge in [0.2, 0.25) is 0 Å². The Bertz CT molecular complexity index is 383. The summed E-state index contributed by atoms with van der Waals surface area (Å²) in [4.78, 5) is 8.85. The number of nitrogens with two attached hydrogens (primary N) is 1. The summed E-state index contributed by atoms with van der Waals surface area (Å²) in [5, 5.41) is 12.2. The highest BCUT2D eigenvalue weighted by molar-refractivity contribution is 5.57. The second-order valence-corrected chi connectivity index (χ2v) is 4.41. The summed E-state index contributed by atoms with van der Waals surface area (Å²) in [6, 6.07) is 0.156. The Morgan fingerprint density at radius 1 is 1.33 bits per heavy atom. The summed E-state index contributed by atoms with van der Waals surface area (Å²) >= 11 is 0. The van der Waals surface area contributed by atoms with Gasteiger partial charge in [-0.3, -0.25) is 0 Å². The quantitative estimate of drug-likeness (QED) is 0.431. The van der Waals surface area contributed by atoms with Gasteiger partial charge in [-0.25, -0.2) is 15.8 Å². The van der Waals surface area contributed by atoms with E-state index in [0.29, 0.717) is 12.2 Å². The number of aliphatic hydroxyl groups is 1. The number of aliphatic hydroxyl groups excluding tert-OH is 1. The van der Waals surface area contributed by atoms with E-state index >= 15 is 0 Å². The number of aryl methyl sites for hydroxylation is 1. The van der Waals surface area contributed by atoms with Gasteiger partial charge in [0.1, 0.15) is 17.5 Å². The summed E-state index contributed by atoms with van der Waals surface area (Å²) in [7, 11) is 0. The average molecular weight is 253 g/mol. The van der Waals surface area contributed by atoms with Gasteiger partial charge in [0, 0.05) is 24.6 Å². The Morgan fingerprint density at radius 3 is 2.56 bits per heavy atom. The zero-order chi connectivity index (χ0) is 13.5. The molecule has 6 heteroatoms. The minimum Gasteiger partial charge on any atom is -0.396 e. The molecule has 0 fully saturated rings. The molecule has 1 heterocycles. The van der Waals surface area contributed by atoms with Crippen LogP contribution in [0.3, 0.4) is 0 Å². The average Bonchev–Trinajstić information content (AvgIpc) is 2.33. The molecule has 0 amide bonds. The molecule has 1 aromatic heterocycles. The maximum absolute atomic E-state index is 8.92. The van der Waals surface area contributed by atoms with Crippen molar-refractivity contribution in [1.29, 1.82) is 0 Å². The molecule has 0 radical (unpaired) electrons. The Labute approximate surface area is 108 Å². The smallest absolute Gasteiger partial charge is 0.148 e. The second kappa shape index (κ2) is 7.13. The lowest BCUT2D eigenvalue weighted by atomic mass is 10.2. The number of nitrogen functional groups attached to an aromatic ring is 1. The number of aromatic nitrogens is 2. The van der Waals surface area contributed by atoms with Crippen LogP contribution in [0.4, 0.5) is 11.6 Å². The predicted molar refractivity (Wildman–Crippen MR) is 73.4 cm³/mol. The SMILES string of the molecule is CCCc1nc(NN)c(C)c(NC(C)CCO)n1. The molecule has 0 aliphatic rings. The molecule has 1 aromatic rings. The van der Waals surface area contributed by atoms with E-state index in [1.165, 1.54) is 0 Å². The Kier molecular flexibility index (Phi) is 5.80. The molecule has 0 aliphatic carbocycles. The number of anilines is 2. The lowest BCUT2D eigenvalue weighted by Gasteiger charge is -2.17. The number of hydrogen-bond donors (Lipinski definition) is 4. The first kappa shape index (κ1) is 14.7. The standard InChI is InChI=1S/C12H23N5O/c1-4-5-10-15-11(14-8(2)6-7-18)9(3)12(16-10)17-13/h8,18H,4-7,13H2,1-3H3,(H2,14,15,16,17). The Balaban J connectivity index is 2.96. The highest BCUT2D eigenvalue weighted by Gasteiger charge is 2.11. The first-order chi connectivity index (χ1) is 8.62. The van der Waals surface area contributed by atoms with E-state index in [4.69, 9.17) is 10.9 Å². The third kappa shape index (κ3) is 3.82. The van der Waals surface area contributed by atoms with E-state index in [0.717, 1.165) is 30.0 Å². The van der Waals surface area contributed by atoms with Crippen LogP contribution in [0.2, 0.25) is 0 Å². The molecule has 6 nitrogen and oxygen atoms in total. The Hall–Kier alpha value is -1.40. The van der Waals surface area contributed by atoms with Crippen LogP contribution in [0, 0.1) is 6.92 Å². The molecule has 0 bridgehead atoms. The highest BCUT2D eigenvalue weighted by atomic mass is 16.3. The van der Waals surface area contributed by atoms with Gasteiger partial charge in [0.05, 0.1) is 0 Å². The maximum Gasteiger partial charge on any atom is 0.148 e. The summed E-state index contributed by atoms with van der Waals surface area (Å²) < 4.78 is 0. The molecule has 0 spiro atoms. The van der Waals surface area contributed by atoms with Crippen LogP contribution in [-0.4, -0.2) is 27.7 Å². The van der Waals surface area contributed by atoms with Crippen LogP contribution in [0.1, 0.15) is 38.1 Å². The highest BCUT2D eigenvalue weighted by Crippen LogP contribution is 2.20. The summed E-state index contributed by atoms with van der Waals surface area (Å²) in [5.74, 6) is 7.66. The fourth-order valence-electron chi connectivity index (χ4n) is 1.68. The van der Waals surface area contributed by atoms with E-state index in [-0.39, 0.29) is 12.6 Å². The zero-order valence-corrected chi connectivity index (χ0v) is 11.3. The van der Waals surface area contributed by atoms with Crippen LogP contribution >= 0.6 is 0 Å². The third-order valence-electron chi connectivity index (χ3n) is 2.75. The van der Waals surface area contributed by atoms with Crippen LogP contribution in [0.5, 0.6) is 0 Å². The normalized spacial score (nSPS) is 12.3. The summed E-state index contributed by atoms with van der Waals surface area (Å²) in [6.07, 6.45) is 2.48. The molecule has 5 N–H and O–H groups in total. The van der Waals surface area contributed by atoms with Crippen LogP contribution in [0.15, 0.2) is 0 Å². The van der Waals surface area contributed by atoms with Crippen molar-refractivity contribution in [3.63, 3.8) is 0 Å².